The second-order valence-corrected chi connectivity index (χ2v) is 5.68. The third-order valence-electron chi connectivity index (χ3n) is 2.35. The predicted octanol–water partition coefficient (Wildman–Crippen LogP) is 2.11. The Morgan fingerprint density at radius 1 is 1.55 bits per heavy atom. The first-order valence-corrected chi connectivity index (χ1v) is 6.36. The van der Waals surface area contributed by atoms with E-state index in [0.717, 1.165) is 0 Å². The number of hydrogen-bond donors (Lipinski definition) is 2. The number of aromatic nitrogens is 2. The van der Waals surface area contributed by atoms with Gasteiger partial charge in [0.1, 0.15) is 22.6 Å². The average molecular weight is 304 g/mol. The molecule has 0 aromatic carbocycles. The van der Waals surface area contributed by atoms with E-state index in [1.807, 2.05) is 0 Å². The Bertz CT molecular complexity index is 507. The number of ether oxygens (including phenoxy) is 1. The van der Waals surface area contributed by atoms with Gasteiger partial charge in [-0.25, -0.2) is 9.78 Å². The number of amides is 1. The van der Waals surface area contributed by atoms with Crippen LogP contribution in [-0.4, -0.2) is 32.3 Å². The Balaban J connectivity index is 2.88. The minimum absolute atomic E-state index is 0.319. The Morgan fingerprint density at radius 3 is 2.55 bits per heavy atom. The third kappa shape index (κ3) is 4.73. The zero-order chi connectivity index (χ0) is 15.5. The van der Waals surface area contributed by atoms with Crippen LogP contribution < -0.4 is 5.32 Å². The smallest absolute Gasteiger partial charge is 0.408 e. The SMILES string of the molecule is Cn1c(Cl)cnc1C(CC(=O)O)NC(=O)OC(C)(C)C. The summed E-state index contributed by atoms with van der Waals surface area (Å²) in [4.78, 5) is 26.7. The molecule has 1 aromatic rings. The van der Waals surface area contributed by atoms with Crippen molar-refractivity contribution in [2.24, 2.45) is 7.05 Å². The highest BCUT2D eigenvalue weighted by atomic mass is 35.5. The van der Waals surface area contributed by atoms with Gasteiger partial charge in [0, 0.05) is 7.05 Å². The van der Waals surface area contributed by atoms with E-state index in [4.69, 9.17) is 21.4 Å². The molecule has 0 aliphatic carbocycles. The van der Waals surface area contributed by atoms with Crippen LogP contribution in [0.25, 0.3) is 0 Å². The molecule has 0 saturated heterocycles. The fraction of sp³-hybridized carbons (Fsp3) is 0.583. The Kier molecular flexibility index (Phi) is 4.99. The molecule has 0 radical (unpaired) electrons. The zero-order valence-corrected chi connectivity index (χ0v) is 12.6. The van der Waals surface area contributed by atoms with Gasteiger partial charge >= 0.3 is 12.1 Å². The molecule has 1 rings (SSSR count). The fourth-order valence-electron chi connectivity index (χ4n) is 1.56. The van der Waals surface area contributed by atoms with Crippen LogP contribution in [-0.2, 0) is 16.6 Å². The van der Waals surface area contributed by atoms with Gasteiger partial charge in [-0.05, 0) is 20.8 Å². The lowest BCUT2D eigenvalue weighted by atomic mass is 10.2. The summed E-state index contributed by atoms with van der Waals surface area (Å²) in [5.41, 5.74) is -0.670. The number of nitrogens with zero attached hydrogens (tertiary/aromatic N) is 2. The first-order valence-electron chi connectivity index (χ1n) is 5.98. The number of halogens is 1. The molecular formula is C12H18ClN3O4. The van der Waals surface area contributed by atoms with E-state index in [1.54, 1.807) is 27.8 Å². The summed E-state index contributed by atoms with van der Waals surface area (Å²) < 4.78 is 6.61. The maximum absolute atomic E-state index is 11.7. The molecule has 0 bridgehead atoms. The summed E-state index contributed by atoms with van der Waals surface area (Å²) >= 11 is 5.86. The monoisotopic (exact) mass is 303 g/mol. The van der Waals surface area contributed by atoms with Crippen LogP contribution in [0.2, 0.25) is 5.15 Å². The van der Waals surface area contributed by atoms with E-state index in [9.17, 15) is 9.59 Å². The topological polar surface area (TPSA) is 93.5 Å². The number of carbonyl (C=O) groups excluding carboxylic acids is 1. The molecule has 1 unspecified atom stereocenters. The van der Waals surface area contributed by atoms with Crippen LogP contribution in [0.15, 0.2) is 6.20 Å². The van der Waals surface area contributed by atoms with Gasteiger partial charge in [0.2, 0.25) is 0 Å². The molecule has 8 heteroatoms. The lowest BCUT2D eigenvalue weighted by Gasteiger charge is -2.22. The number of alkyl carbamates (subject to hydrolysis) is 1. The van der Waals surface area contributed by atoms with Crippen LogP contribution in [0, 0.1) is 0 Å². The molecule has 0 fully saturated rings. The van der Waals surface area contributed by atoms with Gasteiger partial charge < -0.3 is 19.7 Å². The number of imidazole rings is 1. The van der Waals surface area contributed by atoms with E-state index in [-0.39, 0.29) is 6.42 Å². The summed E-state index contributed by atoms with van der Waals surface area (Å²) in [6, 6.07) is -0.820. The number of aliphatic carboxylic acids is 1. The van der Waals surface area contributed by atoms with Gasteiger partial charge in [-0.1, -0.05) is 11.6 Å². The molecule has 7 nitrogen and oxygen atoms in total. The van der Waals surface area contributed by atoms with Gasteiger partial charge in [0.05, 0.1) is 12.6 Å². The Morgan fingerprint density at radius 2 is 2.15 bits per heavy atom. The maximum Gasteiger partial charge on any atom is 0.408 e. The second kappa shape index (κ2) is 6.13. The van der Waals surface area contributed by atoms with Crippen molar-refractivity contribution in [3.05, 3.63) is 17.2 Å². The largest absolute Gasteiger partial charge is 0.481 e. The minimum Gasteiger partial charge on any atom is -0.481 e. The number of carboxylic acid groups (broad SMARTS) is 1. The Hall–Kier alpha value is -1.76. The first kappa shape index (κ1) is 16.3. The normalized spacial score (nSPS) is 12.8. The molecular weight excluding hydrogens is 286 g/mol. The highest BCUT2D eigenvalue weighted by Crippen LogP contribution is 2.20. The van der Waals surface area contributed by atoms with Crippen LogP contribution in [0.4, 0.5) is 4.79 Å². The number of nitrogens with one attached hydrogen (secondary N) is 1. The first-order chi connectivity index (χ1) is 9.10. The summed E-state index contributed by atoms with van der Waals surface area (Å²) in [6.07, 6.45) is 0.367. The lowest BCUT2D eigenvalue weighted by molar-refractivity contribution is -0.137. The average Bonchev–Trinajstić information content (AvgIpc) is 2.55. The molecule has 1 amide bonds. The fourth-order valence-corrected chi connectivity index (χ4v) is 1.69. The third-order valence-corrected chi connectivity index (χ3v) is 2.70. The van der Waals surface area contributed by atoms with Gasteiger partial charge in [0.25, 0.3) is 0 Å². The minimum atomic E-state index is -1.06. The van der Waals surface area contributed by atoms with Crippen molar-refractivity contribution in [2.45, 2.75) is 38.8 Å². The summed E-state index contributed by atoms with van der Waals surface area (Å²) in [5.74, 6) is -0.714. The molecule has 112 valence electrons. The number of carbonyl (C=O) groups is 2. The standard InChI is InChI=1S/C12H18ClN3O4/c1-12(2,3)20-11(19)15-7(5-9(17)18)10-14-6-8(13)16(10)4/h6-7H,5H2,1-4H3,(H,15,19)(H,17,18). The number of hydrogen-bond acceptors (Lipinski definition) is 4. The zero-order valence-electron chi connectivity index (χ0n) is 11.8. The van der Waals surface area contributed by atoms with E-state index < -0.39 is 23.7 Å². The second-order valence-electron chi connectivity index (χ2n) is 5.29. The van der Waals surface area contributed by atoms with Crippen molar-refractivity contribution in [3.8, 4) is 0 Å². The predicted molar refractivity (Wildman–Crippen MR) is 72.6 cm³/mol. The summed E-state index contributed by atoms with van der Waals surface area (Å²) in [7, 11) is 1.64. The van der Waals surface area contributed by atoms with Crippen LogP contribution >= 0.6 is 11.6 Å². The molecule has 1 atom stereocenters. The van der Waals surface area contributed by atoms with E-state index in [2.05, 4.69) is 10.3 Å². The van der Waals surface area contributed by atoms with Gasteiger partial charge in [0.15, 0.2) is 0 Å². The van der Waals surface area contributed by atoms with Crippen molar-refractivity contribution < 1.29 is 19.4 Å². The molecule has 0 aliphatic rings. The van der Waals surface area contributed by atoms with E-state index in [0.29, 0.717) is 11.0 Å². The molecule has 0 spiro atoms. The highest BCUT2D eigenvalue weighted by Gasteiger charge is 2.25. The van der Waals surface area contributed by atoms with Gasteiger partial charge in [-0.15, -0.1) is 0 Å². The van der Waals surface area contributed by atoms with Gasteiger partial charge in [-0.2, -0.15) is 0 Å². The quantitative estimate of drug-likeness (QED) is 0.888. The van der Waals surface area contributed by atoms with Crippen LogP contribution in [0.5, 0.6) is 0 Å². The van der Waals surface area contributed by atoms with Crippen molar-refractivity contribution in [1.82, 2.24) is 14.9 Å². The number of rotatable bonds is 4. The van der Waals surface area contributed by atoms with Crippen LogP contribution in [0.3, 0.4) is 0 Å². The van der Waals surface area contributed by atoms with Crippen molar-refractivity contribution in [1.29, 1.82) is 0 Å². The highest BCUT2D eigenvalue weighted by molar-refractivity contribution is 6.29. The molecule has 1 heterocycles. The molecule has 1 aromatic heterocycles. The van der Waals surface area contributed by atoms with Crippen molar-refractivity contribution in [2.75, 3.05) is 0 Å². The molecule has 20 heavy (non-hydrogen) atoms. The maximum atomic E-state index is 11.7. The lowest BCUT2D eigenvalue weighted by Crippen LogP contribution is -2.36. The van der Waals surface area contributed by atoms with E-state index in [1.165, 1.54) is 10.8 Å². The van der Waals surface area contributed by atoms with Crippen molar-refractivity contribution in [3.63, 3.8) is 0 Å². The van der Waals surface area contributed by atoms with Gasteiger partial charge in [-0.3, -0.25) is 4.79 Å². The molecule has 2 N–H and O–H groups in total. The van der Waals surface area contributed by atoms with E-state index >= 15 is 0 Å². The Labute approximate surface area is 121 Å². The summed E-state index contributed by atoms with van der Waals surface area (Å²) in [6.45, 7) is 5.16. The van der Waals surface area contributed by atoms with Crippen molar-refractivity contribution >= 4 is 23.7 Å². The summed E-state index contributed by atoms with van der Waals surface area (Å²) in [5, 5.41) is 11.8. The molecule has 0 aliphatic heterocycles. The molecule has 0 saturated carbocycles. The van der Waals surface area contributed by atoms with Crippen LogP contribution in [0.1, 0.15) is 39.1 Å². The number of carboxylic acids is 1.